The van der Waals surface area contributed by atoms with Crippen LogP contribution in [0.1, 0.15) is 30.4 Å². The Morgan fingerprint density at radius 3 is 2.34 bits per heavy atom. The minimum absolute atomic E-state index is 0.0677. The van der Waals surface area contributed by atoms with Gasteiger partial charge in [-0.2, -0.15) is 5.10 Å². The average Bonchev–Trinajstić information content (AvgIpc) is 2.78. The number of hydrogen-bond acceptors (Lipinski definition) is 7. The number of nitrogens with one attached hydrogen (secondary N) is 2. The third-order valence-electron chi connectivity index (χ3n) is 4.52. The summed E-state index contributed by atoms with van der Waals surface area (Å²) in [4.78, 5) is 27.4. The van der Waals surface area contributed by atoms with Gasteiger partial charge in [0.2, 0.25) is 0 Å². The maximum Gasteiger partial charge on any atom is 0.287 e. The zero-order chi connectivity index (χ0) is 23.3. The van der Waals surface area contributed by atoms with Crippen LogP contribution >= 0.6 is 0 Å². The van der Waals surface area contributed by atoms with E-state index in [0.717, 1.165) is 0 Å². The van der Waals surface area contributed by atoms with E-state index in [2.05, 4.69) is 15.4 Å². The average molecular weight is 461 g/mol. The van der Waals surface area contributed by atoms with Crippen molar-refractivity contribution < 1.29 is 22.7 Å². The van der Waals surface area contributed by atoms with E-state index in [0.29, 0.717) is 29.7 Å². The predicted molar refractivity (Wildman–Crippen MR) is 118 cm³/mol. The molecule has 0 fully saturated rings. The molecule has 1 aromatic heterocycles. The highest BCUT2D eigenvalue weighted by molar-refractivity contribution is 7.89. The lowest BCUT2D eigenvalue weighted by Gasteiger charge is -2.14. The third kappa shape index (κ3) is 5.13. The lowest BCUT2D eigenvalue weighted by Crippen LogP contribution is -2.42. The van der Waals surface area contributed by atoms with E-state index in [4.69, 9.17) is 9.47 Å². The van der Waals surface area contributed by atoms with Crippen molar-refractivity contribution in [2.45, 2.75) is 24.8 Å². The van der Waals surface area contributed by atoms with Crippen molar-refractivity contribution in [3.8, 4) is 5.75 Å². The molecule has 3 aromatic rings. The number of carbonyl (C=O) groups is 1. The van der Waals surface area contributed by atoms with Crippen LogP contribution in [0, 0.1) is 0 Å². The molecule has 0 saturated heterocycles. The smallest absolute Gasteiger partial charge is 0.287 e. The number of nitrogens with zero attached hydrogens (tertiary/aromatic N) is 2. The van der Waals surface area contributed by atoms with Crippen LogP contribution in [-0.2, 0) is 14.8 Å². The SMILES string of the molecule is COCCOc1ccc(S(=O)(=O)NNC(=O)c2nn(C(C)C)c(=O)c3ccccc23)cc1. The van der Waals surface area contributed by atoms with E-state index in [1.807, 2.05) is 0 Å². The van der Waals surface area contributed by atoms with Gasteiger partial charge in [0.05, 0.1) is 22.9 Å². The number of fused-ring (bicyclic) bond motifs is 1. The molecule has 0 bridgehead atoms. The highest BCUT2D eigenvalue weighted by atomic mass is 32.2. The molecular weight excluding hydrogens is 436 g/mol. The summed E-state index contributed by atoms with van der Waals surface area (Å²) in [5, 5.41) is 4.79. The monoisotopic (exact) mass is 460 g/mol. The van der Waals surface area contributed by atoms with Gasteiger partial charge in [-0.25, -0.2) is 13.1 Å². The summed E-state index contributed by atoms with van der Waals surface area (Å²) in [6.45, 7) is 4.25. The van der Waals surface area contributed by atoms with Gasteiger partial charge < -0.3 is 9.47 Å². The van der Waals surface area contributed by atoms with Crippen molar-refractivity contribution in [3.63, 3.8) is 0 Å². The van der Waals surface area contributed by atoms with Gasteiger partial charge in [0, 0.05) is 12.5 Å². The van der Waals surface area contributed by atoms with Crippen LogP contribution in [0.15, 0.2) is 58.2 Å². The Bertz CT molecular complexity index is 1270. The Morgan fingerprint density at radius 1 is 1.06 bits per heavy atom. The second-order valence-corrected chi connectivity index (χ2v) is 8.79. The first-order valence-corrected chi connectivity index (χ1v) is 11.3. The molecule has 0 aliphatic rings. The maximum absolute atomic E-state index is 12.8. The van der Waals surface area contributed by atoms with E-state index in [1.165, 1.54) is 28.9 Å². The van der Waals surface area contributed by atoms with Crippen molar-refractivity contribution in [1.82, 2.24) is 20.0 Å². The fraction of sp³-hybridized carbons (Fsp3) is 0.286. The molecule has 0 saturated carbocycles. The van der Waals surface area contributed by atoms with Crippen LogP contribution in [0.4, 0.5) is 0 Å². The predicted octanol–water partition coefficient (Wildman–Crippen LogP) is 1.63. The highest BCUT2D eigenvalue weighted by Crippen LogP contribution is 2.17. The van der Waals surface area contributed by atoms with Gasteiger partial charge in [-0.1, -0.05) is 18.2 Å². The molecule has 2 aromatic carbocycles. The first-order chi connectivity index (χ1) is 15.2. The number of carbonyl (C=O) groups excluding carboxylic acids is 1. The maximum atomic E-state index is 12.8. The van der Waals surface area contributed by atoms with Crippen molar-refractivity contribution in [2.75, 3.05) is 20.3 Å². The standard InChI is InChI=1S/C21H24N4O6S/c1-14(2)25-21(27)18-7-5-4-6-17(18)19(23-25)20(26)22-24-32(28,29)16-10-8-15(9-11-16)31-13-12-30-3/h4-11,14,24H,12-13H2,1-3H3,(H,22,26). The molecule has 0 atom stereocenters. The second kappa shape index (κ2) is 9.90. The minimum Gasteiger partial charge on any atom is -0.491 e. The summed E-state index contributed by atoms with van der Waals surface area (Å²) in [5.74, 6) is -0.310. The number of aromatic nitrogens is 2. The highest BCUT2D eigenvalue weighted by Gasteiger charge is 2.20. The van der Waals surface area contributed by atoms with Gasteiger partial charge in [0.1, 0.15) is 12.4 Å². The Balaban J connectivity index is 1.80. The van der Waals surface area contributed by atoms with Gasteiger partial charge in [-0.05, 0) is 44.2 Å². The fourth-order valence-corrected chi connectivity index (χ4v) is 3.75. The van der Waals surface area contributed by atoms with E-state index >= 15 is 0 Å². The van der Waals surface area contributed by atoms with Gasteiger partial charge in [0.25, 0.3) is 21.5 Å². The molecule has 1 heterocycles. The fourth-order valence-electron chi connectivity index (χ4n) is 2.91. The van der Waals surface area contributed by atoms with E-state index in [9.17, 15) is 18.0 Å². The molecule has 0 unspecified atom stereocenters. The summed E-state index contributed by atoms with van der Waals surface area (Å²) >= 11 is 0. The number of ether oxygens (including phenoxy) is 2. The molecule has 3 rings (SSSR count). The molecular formula is C21H24N4O6S. The third-order valence-corrected chi connectivity index (χ3v) is 5.79. The van der Waals surface area contributed by atoms with E-state index in [-0.39, 0.29) is 22.2 Å². The summed E-state index contributed by atoms with van der Waals surface area (Å²) in [6, 6.07) is 11.9. The zero-order valence-electron chi connectivity index (χ0n) is 17.9. The first kappa shape index (κ1) is 23.4. The summed E-state index contributed by atoms with van der Waals surface area (Å²) in [7, 11) is -2.50. The van der Waals surface area contributed by atoms with Gasteiger partial charge in [-0.15, -0.1) is 4.83 Å². The summed E-state index contributed by atoms with van der Waals surface area (Å²) < 4.78 is 36.6. The van der Waals surface area contributed by atoms with Crippen LogP contribution in [0.25, 0.3) is 10.8 Å². The van der Waals surface area contributed by atoms with Crippen molar-refractivity contribution in [1.29, 1.82) is 0 Å². The van der Waals surface area contributed by atoms with Crippen LogP contribution in [0.5, 0.6) is 5.75 Å². The molecule has 10 nitrogen and oxygen atoms in total. The Hall–Kier alpha value is -3.28. The molecule has 0 radical (unpaired) electrons. The zero-order valence-corrected chi connectivity index (χ0v) is 18.7. The van der Waals surface area contributed by atoms with Crippen LogP contribution in [0.2, 0.25) is 0 Å². The minimum atomic E-state index is -4.05. The van der Waals surface area contributed by atoms with Gasteiger partial charge in [0.15, 0.2) is 5.69 Å². The lowest BCUT2D eigenvalue weighted by molar-refractivity contribution is 0.0939. The summed E-state index contributed by atoms with van der Waals surface area (Å²) in [5.41, 5.74) is 1.77. The first-order valence-electron chi connectivity index (χ1n) is 9.80. The Morgan fingerprint density at radius 2 is 1.72 bits per heavy atom. The molecule has 170 valence electrons. The van der Waals surface area contributed by atoms with Crippen molar-refractivity contribution in [3.05, 3.63) is 64.6 Å². The number of hydrogen-bond donors (Lipinski definition) is 2. The van der Waals surface area contributed by atoms with Crippen molar-refractivity contribution >= 4 is 26.7 Å². The van der Waals surface area contributed by atoms with Crippen LogP contribution in [0.3, 0.4) is 0 Å². The van der Waals surface area contributed by atoms with Crippen LogP contribution in [-0.4, -0.2) is 44.4 Å². The Kier molecular flexibility index (Phi) is 7.23. The molecule has 32 heavy (non-hydrogen) atoms. The van der Waals surface area contributed by atoms with Crippen LogP contribution < -0.4 is 20.6 Å². The summed E-state index contributed by atoms with van der Waals surface area (Å²) in [6.07, 6.45) is 0. The molecule has 0 aliphatic heterocycles. The van der Waals surface area contributed by atoms with E-state index < -0.39 is 15.9 Å². The second-order valence-electron chi connectivity index (χ2n) is 7.11. The number of amides is 1. The number of hydrazine groups is 1. The normalized spacial score (nSPS) is 11.6. The van der Waals surface area contributed by atoms with Gasteiger partial charge in [-0.3, -0.25) is 15.0 Å². The molecule has 11 heteroatoms. The topological polar surface area (TPSA) is 129 Å². The number of sulfonamides is 1. The van der Waals surface area contributed by atoms with Crippen molar-refractivity contribution in [2.24, 2.45) is 0 Å². The molecule has 1 amide bonds. The number of methoxy groups -OCH3 is 1. The largest absolute Gasteiger partial charge is 0.491 e. The Labute approximate surface area is 185 Å². The lowest BCUT2D eigenvalue weighted by atomic mass is 10.1. The van der Waals surface area contributed by atoms with E-state index in [1.54, 1.807) is 45.2 Å². The quantitative estimate of drug-likeness (QED) is 0.367. The molecule has 2 N–H and O–H groups in total. The number of benzene rings is 2. The van der Waals surface area contributed by atoms with Gasteiger partial charge >= 0.3 is 0 Å². The number of rotatable bonds is 9. The molecule has 0 spiro atoms. The molecule has 0 aliphatic carbocycles.